The molecule has 1 fully saturated rings. The highest BCUT2D eigenvalue weighted by Gasteiger charge is 2.33. The number of hydrogen-bond donors (Lipinski definition) is 2. The van der Waals surface area contributed by atoms with Gasteiger partial charge in [-0.25, -0.2) is 4.39 Å². The van der Waals surface area contributed by atoms with E-state index >= 15 is 0 Å². The first-order valence-corrected chi connectivity index (χ1v) is 7.02. The second-order valence-corrected chi connectivity index (χ2v) is 5.09. The van der Waals surface area contributed by atoms with Crippen molar-refractivity contribution in [3.05, 3.63) is 29.6 Å². The molecule has 4 nitrogen and oxygen atoms in total. The highest BCUT2D eigenvalue weighted by atomic mass is 19.1. The third-order valence-electron chi connectivity index (χ3n) is 3.41. The number of nitrogens with one attached hydrogen (secondary N) is 2. The summed E-state index contributed by atoms with van der Waals surface area (Å²) in [6.07, 6.45) is 1.18. The minimum absolute atomic E-state index is 0.297. The lowest BCUT2D eigenvalue weighted by Gasteiger charge is -2.12. The molecular formula is C15H22FN3O. The molecule has 1 saturated carbocycles. The molecule has 1 aromatic rings. The van der Waals surface area contributed by atoms with E-state index in [1.807, 2.05) is 13.0 Å². The molecule has 2 unspecified atom stereocenters. The number of ether oxygens (including phenoxy) is 1. The zero-order valence-electron chi connectivity index (χ0n) is 12.2. The zero-order valence-corrected chi connectivity index (χ0v) is 12.2. The minimum atomic E-state index is -0.329. The minimum Gasteiger partial charge on any atom is -0.491 e. The Morgan fingerprint density at radius 3 is 2.80 bits per heavy atom. The fourth-order valence-corrected chi connectivity index (χ4v) is 2.01. The molecule has 0 aliphatic heterocycles. The van der Waals surface area contributed by atoms with Gasteiger partial charge in [0.1, 0.15) is 0 Å². The quantitative estimate of drug-likeness (QED) is 0.642. The molecule has 1 aliphatic rings. The molecule has 0 radical (unpaired) electrons. The van der Waals surface area contributed by atoms with E-state index in [1.54, 1.807) is 13.1 Å². The predicted molar refractivity (Wildman–Crippen MR) is 78.5 cm³/mol. The summed E-state index contributed by atoms with van der Waals surface area (Å²) in [7, 11) is 1.74. The summed E-state index contributed by atoms with van der Waals surface area (Å²) in [5.74, 6) is 1.43. The lowest BCUT2D eigenvalue weighted by atomic mass is 10.2. The molecule has 20 heavy (non-hydrogen) atoms. The van der Waals surface area contributed by atoms with Gasteiger partial charge in [0.15, 0.2) is 17.5 Å². The first kappa shape index (κ1) is 14.6. The van der Waals surface area contributed by atoms with Crippen molar-refractivity contribution in [1.29, 1.82) is 0 Å². The van der Waals surface area contributed by atoms with Crippen molar-refractivity contribution >= 4 is 5.96 Å². The molecule has 1 aliphatic carbocycles. The Labute approximate surface area is 119 Å². The van der Waals surface area contributed by atoms with Gasteiger partial charge >= 0.3 is 0 Å². The normalized spacial score (nSPS) is 21.5. The van der Waals surface area contributed by atoms with Crippen LogP contribution in [0, 0.1) is 11.7 Å². The van der Waals surface area contributed by atoms with Crippen molar-refractivity contribution in [2.45, 2.75) is 32.9 Å². The second kappa shape index (κ2) is 6.59. The Morgan fingerprint density at radius 2 is 2.25 bits per heavy atom. The molecule has 2 N–H and O–H groups in total. The average Bonchev–Trinajstić information content (AvgIpc) is 3.13. The Kier molecular flexibility index (Phi) is 4.82. The summed E-state index contributed by atoms with van der Waals surface area (Å²) >= 11 is 0. The summed E-state index contributed by atoms with van der Waals surface area (Å²) < 4.78 is 18.9. The molecule has 0 saturated heterocycles. The molecule has 2 rings (SSSR count). The van der Waals surface area contributed by atoms with E-state index in [9.17, 15) is 4.39 Å². The zero-order chi connectivity index (χ0) is 14.5. The average molecular weight is 279 g/mol. The maximum absolute atomic E-state index is 13.7. The van der Waals surface area contributed by atoms with E-state index < -0.39 is 0 Å². The van der Waals surface area contributed by atoms with Crippen molar-refractivity contribution < 1.29 is 9.13 Å². The van der Waals surface area contributed by atoms with Gasteiger partial charge < -0.3 is 15.4 Å². The Hall–Kier alpha value is -1.78. The predicted octanol–water partition coefficient (Wildman–Crippen LogP) is 2.30. The molecule has 0 spiro atoms. The van der Waals surface area contributed by atoms with Crippen LogP contribution in [0.1, 0.15) is 25.8 Å². The Morgan fingerprint density at radius 1 is 1.50 bits per heavy atom. The lowest BCUT2D eigenvalue weighted by molar-refractivity contribution is 0.321. The van der Waals surface area contributed by atoms with Crippen LogP contribution >= 0.6 is 0 Å². The largest absolute Gasteiger partial charge is 0.491 e. The van der Waals surface area contributed by atoms with E-state index in [-0.39, 0.29) is 5.82 Å². The van der Waals surface area contributed by atoms with Gasteiger partial charge in [0.2, 0.25) is 0 Å². The molecule has 1 aromatic carbocycles. The molecule has 0 bridgehead atoms. The van der Waals surface area contributed by atoms with Gasteiger partial charge in [0, 0.05) is 19.6 Å². The van der Waals surface area contributed by atoms with Gasteiger partial charge in [-0.15, -0.1) is 0 Å². The molecule has 2 atom stereocenters. The van der Waals surface area contributed by atoms with Crippen molar-refractivity contribution in [3.63, 3.8) is 0 Å². The van der Waals surface area contributed by atoms with Crippen molar-refractivity contribution in [2.75, 3.05) is 13.7 Å². The van der Waals surface area contributed by atoms with Crippen LogP contribution in [0.5, 0.6) is 5.75 Å². The van der Waals surface area contributed by atoms with Crippen LogP contribution in [-0.2, 0) is 6.54 Å². The number of halogens is 1. The molecule has 5 heteroatoms. The number of benzene rings is 1. The second-order valence-electron chi connectivity index (χ2n) is 5.09. The third kappa shape index (κ3) is 3.85. The van der Waals surface area contributed by atoms with Gasteiger partial charge in [-0.2, -0.15) is 0 Å². The van der Waals surface area contributed by atoms with Crippen molar-refractivity contribution in [3.8, 4) is 5.75 Å². The monoisotopic (exact) mass is 279 g/mol. The fourth-order valence-electron chi connectivity index (χ4n) is 2.01. The first-order chi connectivity index (χ1) is 9.63. The topological polar surface area (TPSA) is 45.6 Å². The highest BCUT2D eigenvalue weighted by molar-refractivity contribution is 5.80. The lowest BCUT2D eigenvalue weighted by Crippen LogP contribution is -2.38. The van der Waals surface area contributed by atoms with Crippen LogP contribution in [0.3, 0.4) is 0 Å². The maximum atomic E-state index is 13.7. The van der Waals surface area contributed by atoms with Gasteiger partial charge in [-0.3, -0.25) is 4.99 Å². The van der Waals surface area contributed by atoms with Crippen LogP contribution in [-0.4, -0.2) is 25.7 Å². The molecule has 0 aromatic heterocycles. The Balaban J connectivity index is 1.88. The van der Waals surface area contributed by atoms with Crippen LogP contribution in [0.2, 0.25) is 0 Å². The summed E-state index contributed by atoms with van der Waals surface area (Å²) in [5.41, 5.74) is 0.859. The standard InChI is InChI=1S/C15H22FN3O/c1-4-20-14-6-5-11(8-12(14)16)9-18-15(17-3)19-13-7-10(13)2/h5-6,8,10,13H,4,7,9H2,1-3H3,(H2,17,18,19). The van der Waals surface area contributed by atoms with Crippen LogP contribution in [0.15, 0.2) is 23.2 Å². The number of rotatable bonds is 5. The summed E-state index contributed by atoms with van der Waals surface area (Å²) in [6, 6.07) is 5.52. The van der Waals surface area contributed by atoms with E-state index in [4.69, 9.17) is 4.74 Å². The van der Waals surface area contributed by atoms with E-state index in [0.29, 0.717) is 30.9 Å². The van der Waals surface area contributed by atoms with E-state index in [2.05, 4.69) is 22.5 Å². The maximum Gasteiger partial charge on any atom is 0.191 e. The molecule has 0 heterocycles. The van der Waals surface area contributed by atoms with Crippen molar-refractivity contribution in [1.82, 2.24) is 10.6 Å². The van der Waals surface area contributed by atoms with Gasteiger partial charge in [0.25, 0.3) is 0 Å². The number of guanidine groups is 1. The fraction of sp³-hybridized carbons (Fsp3) is 0.533. The molecular weight excluding hydrogens is 257 g/mol. The highest BCUT2D eigenvalue weighted by Crippen LogP contribution is 2.28. The summed E-state index contributed by atoms with van der Waals surface area (Å²) in [4.78, 5) is 4.16. The number of nitrogens with zero attached hydrogens (tertiary/aromatic N) is 1. The number of aliphatic imine (C=N–C) groups is 1. The van der Waals surface area contributed by atoms with E-state index in [1.165, 1.54) is 12.5 Å². The number of hydrogen-bond acceptors (Lipinski definition) is 2. The van der Waals surface area contributed by atoms with Crippen LogP contribution in [0.4, 0.5) is 4.39 Å². The van der Waals surface area contributed by atoms with Crippen LogP contribution < -0.4 is 15.4 Å². The van der Waals surface area contributed by atoms with E-state index in [0.717, 1.165) is 11.5 Å². The SMILES string of the molecule is CCOc1ccc(CNC(=NC)NC2CC2C)cc1F. The van der Waals surface area contributed by atoms with Gasteiger partial charge in [-0.05, 0) is 37.0 Å². The summed E-state index contributed by atoms with van der Waals surface area (Å²) in [6.45, 7) is 5.03. The Bertz CT molecular complexity index is 490. The van der Waals surface area contributed by atoms with Crippen molar-refractivity contribution in [2.24, 2.45) is 10.9 Å². The summed E-state index contributed by atoms with van der Waals surface area (Å²) in [5, 5.41) is 6.52. The third-order valence-corrected chi connectivity index (χ3v) is 3.41. The molecule has 110 valence electrons. The van der Waals surface area contributed by atoms with Gasteiger partial charge in [-0.1, -0.05) is 13.0 Å². The smallest absolute Gasteiger partial charge is 0.191 e. The van der Waals surface area contributed by atoms with Gasteiger partial charge in [0.05, 0.1) is 6.61 Å². The van der Waals surface area contributed by atoms with Crippen LogP contribution in [0.25, 0.3) is 0 Å². The first-order valence-electron chi connectivity index (χ1n) is 7.02. The molecule has 0 amide bonds.